The van der Waals surface area contributed by atoms with Crippen molar-refractivity contribution in [3.8, 4) is 11.3 Å². The highest BCUT2D eigenvalue weighted by Gasteiger charge is 2.04. The third kappa shape index (κ3) is 1.89. The first kappa shape index (κ1) is 10.3. The van der Waals surface area contributed by atoms with Crippen LogP contribution in [0.2, 0.25) is 0 Å². The van der Waals surface area contributed by atoms with Crippen LogP contribution in [0, 0.1) is 0 Å². The quantitative estimate of drug-likeness (QED) is 0.701. The Morgan fingerprint density at radius 1 is 1.24 bits per heavy atom. The van der Waals surface area contributed by atoms with Crippen LogP contribution in [0.15, 0.2) is 42.9 Å². The van der Waals surface area contributed by atoms with Crippen LogP contribution >= 0.6 is 11.6 Å². The van der Waals surface area contributed by atoms with Gasteiger partial charge in [-0.05, 0) is 23.3 Å². The molecule has 0 saturated heterocycles. The monoisotopic (exact) mass is 243 g/mol. The number of fused-ring (bicyclic) bond motifs is 1. The van der Waals surface area contributed by atoms with Gasteiger partial charge in [-0.2, -0.15) is 0 Å². The van der Waals surface area contributed by atoms with Gasteiger partial charge < -0.3 is 4.98 Å². The summed E-state index contributed by atoms with van der Waals surface area (Å²) >= 11 is 5.83. The Hall–Kier alpha value is -1.87. The predicted molar refractivity (Wildman–Crippen MR) is 68.9 cm³/mol. The Morgan fingerprint density at radius 2 is 2.18 bits per heavy atom. The first-order chi connectivity index (χ1) is 8.36. The summed E-state index contributed by atoms with van der Waals surface area (Å²) in [5, 5.41) is 1.01. The average molecular weight is 244 g/mol. The number of halogens is 1. The molecular weight excluding hydrogens is 234 g/mol. The van der Waals surface area contributed by atoms with Gasteiger partial charge in [0.15, 0.2) is 0 Å². The van der Waals surface area contributed by atoms with E-state index in [0.717, 1.165) is 27.9 Å². The number of aromatic amines is 1. The molecule has 0 aliphatic heterocycles. The zero-order valence-corrected chi connectivity index (χ0v) is 9.78. The third-order valence-corrected chi connectivity index (χ3v) is 2.99. The normalized spacial score (nSPS) is 10.9. The van der Waals surface area contributed by atoms with Gasteiger partial charge in [-0.15, -0.1) is 11.6 Å². The highest BCUT2D eigenvalue weighted by molar-refractivity contribution is 6.17. The lowest BCUT2D eigenvalue weighted by molar-refractivity contribution is 1.20. The van der Waals surface area contributed by atoms with E-state index in [2.05, 4.69) is 21.0 Å². The minimum atomic E-state index is 0.522. The van der Waals surface area contributed by atoms with Crippen LogP contribution < -0.4 is 0 Å². The van der Waals surface area contributed by atoms with Crippen LogP contribution in [0.3, 0.4) is 0 Å². The molecule has 0 radical (unpaired) electrons. The maximum Gasteiger partial charge on any atom is 0.141 e. The number of H-pyrrole nitrogens is 1. The van der Waals surface area contributed by atoms with Crippen LogP contribution in [0.5, 0.6) is 0 Å². The highest BCUT2D eigenvalue weighted by Crippen LogP contribution is 2.23. The molecule has 3 rings (SSSR count). The first-order valence-corrected chi connectivity index (χ1v) is 5.84. The van der Waals surface area contributed by atoms with Crippen molar-refractivity contribution in [3.63, 3.8) is 0 Å². The largest absolute Gasteiger partial charge is 0.339 e. The SMILES string of the molecule is ClCc1cccc(-c2cc3cncnc3[nH]2)c1. The van der Waals surface area contributed by atoms with Crippen LogP contribution in [0.1, 0.15) is 5.56 Å². The number of benzene rings is 1. The lowest BCUT2D eigenvalue weighted by Gasteiger charge is -2.00. The van der Waals surface area contributed by atoms with E-state index in [1.54, 1.807) is 6.20 Å². The summed E-state index contributed by atoms with van der Waals surface area (Å²) in [6.07, 6.45) is 3.34. The predicted octanol–water partition coefficient (Wildman–Crippen LogP) is 3.36. The summed E-state index contributed by atoms with van der Waals surface area (Å²) in [5.41, 5.74) is 4.11. The summed E-state index contributed by atoms with van der Waals surface area (Å²) in [5.74, 6) is 0.522. The zero-order valence-electron chi connectivity index (χ0n) is 9.02. The van der Waals surface area contributed by atoms with Gasteiger partial charge in [0.25, 0.3) is 0 Å². The molecule has 1 N–H and O–H groups in total. The lowest BCUT2D eigenvalue weighted by Crippen LogP contribution is -1.81. The number of rotatable bonds is 2. The van der Waals surface area contributed by atoms with Crippen LogP contribution in [-0.4, -0.2) is 15.0 Å². The molecule has 3 nitrogen and oxygen atoms in total. The fourth-order valence-electron chi connectivity index (χ4n) is 1.85. The zero-order chi connectivity index (χ0) is 11.7. The van der Waals surface area contributed by atoms with E-state index in [4.69, 9.17) is 11.6 Å². The van der Waals surface area contributed by atoms with Crippen molar-refractivity contribution in [1.29, 1.82) is 0 Å². The fourth-order valence-corrected chi connectivity index (χ4v) is 2.01. The first-order valence-electron chi connectivity index (χ1n) is 5.31. The van der Waals surface area contributed by atoms with E-state index >= 15 is 0 Å². The summed E-state index contributed by atoms with van der Waals surface area (Å²) < 4.78 is 0. The Kier molecular flexibility index (Phi) is 2.53. The molecule has 1 aromatic carbocycles. The molecule has 84 valence electrons. The van der Waals surface area contributed by atoms with Crippen molar-refractivity contribution in [2.24, 2.45) is 0 Å². The van der Waals surface area contributed by atoms with E-state index in [1.165, 1.54) is 6.33 Å². The van der Waals surface area contributed by atoms with Gasteiger partial charge in [0.05, 0.1) is 0 Å². The second-order valence-corrected chi connectivity index (χ2v) is 4.11. The van der Waals surface area contributed by atoms with Gasteiger partial charge in [-0.3, -0.25) is 0 Å². The number of nitrogens with zero attached hydrogens (tertiary/aromatic N) is 2. The van der Waals surface area contributed by atoms with E-state index in [9.17, 15) is 0 Å². The van der Waals surface area contributed by atoms with Gasteiger partial charge in [0.1, 0.15) is 12.0 Å². The Bertz CT molecular complexity index is 627. The third-order valence-electron chi connectivity index (χ3n) is 2.69. The minimum absolute atomic E-state index is 0.522. The molecule has 4 heteroatoms. The van der Waals surface area contributed by atoms with E-state index < -0.39 is 0 Å². The minimum Gasteiger partial charge on any atom is -0.339 e. The molecule has 0 fully saturated rings. The van der Waals surface area contributed by atoms with Gasteiger partial charge in [-0.25, -0.2) is 9.97 Å². The Balaban J connectivity index is 2.13. The molecule has 0 atom stereocenters. The molecule has 0 saturated carbocycles. The second-order valence-electron chi connectivity index (χ2n) is 3.84. The molecule has 17 heavy (non-hydrogen) atoms. The fraction of sp³-hybridized carbons (Fsp3) is 0.0769. The molecule has 2 aromatic heterocycles. The number of aromatic nitrogens is 3. The molecular formula is C13H10ClN3. The molecule has 0 spiro atoms. The van der Waals surface area contributed by atoms with Crippen molar-refractivity contribution in [1.82, 2.24) is 15.0 Å². The van der Waals surface area contributed by atoms with Crippen LogP contribution in [-0.2, 0) is 5.88 Å². The summed E-state index contributed by atoms with van der Waals surface area (Å²) in [6, 6.07) is 10.2. The van der Waals surface area contributed by atoms with E-state index in [-0.39, 0.29) is 0 Å². The summed E-state index contributed by atoms with van der Waals surface area (Å²) in [6.45, 7) is 0. The van der Waals surface area contributed by atoms with E-state index in [1.807, 2.05) is 24.3 Å². The Labute approximate surface area is 103 Å². The second kappa shape index (κ2) is 4.18. The molecule has 2 heterocycles. The van der Waals surface area contributed by atoms with Gasteiger partial charge in [0, 0.05) is 23.2 Å². The topological polar surface area (TPSA) is 41.6 Å². The van der Waals surface area contributed by atoms with Crippen LogP contribution in [0.25, 0.3) is 22.3 Å². The standard InChI is InChI=1S/C13H10ClN3/c14-6-9-2-1-3-10(4-9)12-5-11-7-15-8-16-13(11)17-12/h1-5,7-8H,6H2,(H,15,16,17). The molecule has 0 amide bonds. The highest BCUT2D eigenvalue weighted by atomic mass is 35.5. The number of alkyl halides is 1. The van der Waals surface area contributed by atoms with Crippen molar-refractivity contribution in [2.75, 3.05) is 0 Å². The van der Waals surface area contributed by atoms with Gasteiger partial charge in [-0.1, -0.05) is 18.2 Å². The van der Waals surface area contributed by atoms with E-state index in [0.29, 0.717) is 5.88 Å². The van der Waals surface area contributed by atoms with Crippen molar-refractivity contribution in [2.45, 2.75) is 5.88 Å². The van der Waals surface area contributed by atoms with Crippen LogP contribution in [0.4, 0.5) is 0 Å². The summed E-state index contributed by atoms with van der Waals surface area (Å²) in [4.78, 5) is 11.4. The molecule has 0 bridgehead atoms. The smallest absolute Gasteiger partial charge is 0.141 e. The summed E-state index contributed by atoms with van der Waals surface area (Å²) in [7, 11) is 0. The van der Waals surface area contributed by atoms with Crippen molar-refractivity contribution < 1.29 is 0 Å². The molecule has 0 unspecified atom stereocenters. The Morgan fingerprint density at radius 3 is 3.00 bits per heavy atom. The number of hydrogen-bond donors (Lipinski definition) is 1. The lowest BCUT2D eigenvalue weighted by atomic mass is 10.1. The van der Waals surface area contributed by atoms with Gasteiger partial charge >= 0.3 is 0 Å². The number of hydrogen-bond acceptors (Lipinski definition) is 2. The molecule has 0 aliphatic rings. The average Bonchev–Trinajstić information content (AvgIpc) is 2.82. The number of nitrogens with one attached hydrogen (secondary N) is 1. The molecule has 3 aromatic rings. The maximum absolute atomic E-state index is 5.83. The van der Waals surface area contributed by atoms with Crippen molar-refractivity contribution >= 4 is 22.6 Å². The molecule has 0 aliphatic carbocycles. The maximum atomic E-state index is 5.83. The van der Waals surface area contributed by atoms with Gasteiger partial charge in [0.2, 0.25) is 0 Å². The van der Waals surface area contributed by atoms with Crippen molar-refractivity contribution in [3.05, 3.63) is 48.4 Å².